The molecule has 3 aromatic carbocycles. The van der Waals surface area contributed by atoms with Crippen molar-refractivity contribution in [3.05, 3.63) is 105 Å². The number of amides is 1. The summed E-state index contributed by atoms with van der Waals surface area (Å²) in [4.78, 5) is 20.2. The number of piperidine rings is 1. The standard InChI is InChI=1S/C30H22ClF5N2OS/c1-16-2-4-18(5-3-16)29-28(17-6-8-20(31)9-7-17)37-30(40-29)19-12-14-38(15-13-19)22(39)11-10-21-23(32)25(34)27(36)26(35)24(21)33/h2-11,19H,12-15H2,1H3/b11-10+. The Labute approximate surface area is 236 Å². The fourth-order valence-corrected chi connectivity index (χ4v) is 5.98. The van der Waals surface area contributed by atoms with Gasteiger partial charge in [-0.05, 0) is 43.5 Å². The second-order valence-corrected chi connectivity index (χ2v) is 11.0. The van der Waals surface area contributed by atoms with Gasteiger partial charge in [0.15, 0.2) is 23.3 Å². The second kappa shape index (κ2) is 11.5. The normalized spacial score (nSPS) is 14.3. The van der Waals surface area contributed by atoms with Crippen LogP contribution in [0.15, 0.2) is 54.6 Å². The average Bonchev–Trinajstić information content (AvgIpc) is 3.41. The largest absolute Gasteiger partial charge is 0.339 e. The monoisotopic (exact) mass is 588 g/mol. The maximum absolute atomic E-state index is 13.9. The minimum atomic E-state index is -2.24. The summed E-state index contributed by atoms with van der Waals surface area (Å²) in [7, 11) is 0. The van der Waals surface area contributed by atoms with Crippen LogP contribution in [0, 0.1) is 36.0 Å². The highest BCUT2D eigenvalue weighted by atomic mass is 35.5. The van der Waals surface area contributed by atoms with Crippen LogP contribution in [0.3, 0.4) is 0 Å². The van der Waals surface area contributed by atoms with E-state index in [1.807, 2.05) is 43.3 Å². The molecule has 4 aromatic rings. The molecule has 2 heterocycles. The number of aromatic nitrogens is 1. The average molecular weight is 589 g/mol. The van der Waals surface area contributed by atoms with Crippen molar-refractivity contribution in [1.29, 1.82) is 0 Å². The van der Waals surface area contributed by atoms with Gasteiger partial charge in [-0.3, -0.25) is 4.79 Å². The van der Waals surface area contributed by atoms with Crippen molar-refractivity contribution in [1.82, 2.24) is 9.88 Å². The molecule has 1 saturated heterocycles. The van der Waals surface area contributed by atoms with E-state index in [9.17, 15) is 26.7 Å². The van der Waals surface area contributed by atoms with Crippen LogP contribution in [0.5, 0.6) is 0 Å². The van der Waals surface area contributed by atoms with Gasteiger partial charge in [-0.25, -0.2) is 26.9 Å². The van der Waals surface area contributed by atoms with Crippen LogP contribution in [-0.4, -0.2) is 28.9 Å². The molecule has 1 aromatic heterocycles. The van der Waals surface area contributed by atoms with Gasteiger partial charge in [0.1, 0.15) is 0 Å². The van der Waals surface area contributed by atoms with Crippen LogP contribution in [0.4, 0.5) is 22.0 Å². The van der Waals surface area contributed by atoms with E-state index in [1.54, 1.807) is 11.3 Å². The summed E-state index contributed by atoms with van der Waals surface area (Å²) in [5, 5.41) is 1.56. The number of benzene rings is 3. The number of halogens is 6. The third-order valence-electron chi connectivity index (χ3n) is 6.87. The van der Waals surface area contributed by atoms with Gasteiger partial charge in [0.2, 0.25) is 11.7 Å². The minimum Gasteiger partial charge on any atom is -0.339 e. The maximum atomic E-state index is 13.9. The zero-order valence-corrected chi connectivity index (χ0v) is 22.7. The van der Waals surface area contributed by atoms with Crippen molar-refractivity contribution >= 4 is 34.9 Å². The number of carbonyl (C=O) groups excluding carboxylic acids is 1. The van der Waals surface area contributed by atoms with Crippen molar-refractivity contribution in [2.75, 3.05) is 13.1 Å². The smallest absolute Gasteiger partial charge is 0.246 e. The molecule has 0 saturated carbocycles. The Hall–Kier alpha value is -3.56. The van der Waals surface area contributed by atoms with Crippen molar-refractivity contribution in [3.63, 3.8) is 0 Å². The van der Waals surface area contributed by atoms with Gasteiger partial charge in [0.05, 0.1) is 21.1 Å². The zero-order valence-electron chi connectivity index (χ0n) is 21.2. The first-order valence-corrected chi connectivity index (χ1v) is 13.7. The number of thiazole rings is 1. The summed E-state index contributed by atoms with van der Waals surface area (Å²) >= 11 is 7.69. The molecule has 1 amide bonds. The first-order chi connectivity index (χ1) is 19.1. The lowest BCUT2D eigenvalue weighted by Crippen LogP contribution is -2.36. The van der Waals surface area contributed by atoms with E-state index < -0.39 is 40.6 Å². The Morgan fingerprint density at radius 3 is 2.02 bits per heavy atom. The molecule has 0 N–H and O–H groups in total. The molecule has 10 heteroatoms. The topological polar surface area (TPSA) is 33.2 Å². The fraction of sp³-hybridized carbons (Fsp3) is 0.200. The molecule has 0 radical (unpaired) electrons. The minimum absolute atomic E-state index is 0.0819. The molecule has 1 aliphatic rings. The van der Waals surface area contributed by atoms with Crippen molar-refractivity contribution in [3.8, 4) is 21.7 Å². The molecule has 0 bridgehead atoms. The van der Waals surface area contributed by atoms with Gasteiger partial charge in [0, 0.05) is 35.7 Å². The molecule has 1 aliphatic heterocycles. The molecule has 40 heavy (non-hydrogen) atoms. The van der Waals surface area contributed by atoms with Crippen molar-refractivity contribution < 1.29 is 26.7 Å². The highest BCUT2D eigenvalue weighted by Crippen LogP contribution is 2.42. The predicted molar refractivity (Wildman–Crippen MR) is 147 cm³/mol. The fourth-order valence-electron chi connectivity index (χ4n) is 4.59. The number of likely N-dealkylation sites (tertiary alicyclic amines) is 1. The predicted octanol–water partition coefficient (Wildman–Crippen LogP) is 8.55. The summed E-state index contributed by atoms with van der Waals surface area (Å²) in [5.74, 6) is -10.8. The number of aryl methyl sites for hydroxylation is 1. The van der Waals surface area contributed by atoms with Crippen LogP contribution in [0.1, 0.15) is 34.9 Å². The van der Waals surface area contributed by atoms with E-state index in [-0.39, 0.29) is 5.92 Å². The Morgan fingerprint density at radius 2 is 1.43 bits per heavy atom. The Bertz CT molecular complexity index is 1500. The summed E-state index contributed by atoms with van der Waals surface area (Å²) in [6.45, 7) is 2.72. The first kappa shape index (κ1) is 28.0. The third-order valence-corrected chi connectivity index (χ3v) is 8.39. The summed E-state index contributed by atoms with van der Waals surface area (Å²) in [5.41, 5.74) is 2.83. The van der Waals surface area contributed by atoms with E-state index in [4.69, 9.17) is 16.6 Å². The summed E-state index contributed by atoms with van der Waals surface area (Å²) < 4.78 is 68.1. The molecule has 1 fully saturated rings. The molecular formula is C30H22ClF5N2OS. The molecule has 206 valence electrons. The van der Waals surface area contributed by atoms with E-state index in [0.717, 1.165) is 38.3 Å². The lowest BCUT2D eigenvalue weighted by molar-refractivity contribution is -0.126. The van der Waals surface area contributed by atoms with Crippen LogP contribution in [-0.2, 0) is 4.79 Å². The van der Waals surface area contributed by atoms with Crippen LogP contribution in [0.2, 0.25) is 5.02 Å². The lowest BCUT2D eigenvalue weighted by Gasteiger charge is -2.30. The molecule has 0 unspecified atom stereocenters. The summed E-state index contributed by atoms with van der Waals surface area (Å²) in [6, 6.07) is 15.7. The van der Waals surface area contributed by atoms with Crippen molar-refractivity contribution in [2.24, 2.45) is 0 Å². The maximum Gasteiger partial charge on any atom is 0.246 e. The van der Waals surface area contributed by atoms with Gasteiger partial charge in [-0.15, -0.1) is 11.3 Å². The molecule has 0 atom stereocenters. The first-order valence-electron chi connectivity index (χ1n) is 12.5. The lowest BCUT2D eigenvalue weighted by atomic mass is 9.97. The van der Waals surface area contributed by atoms with Gasteiger partial charge < -0.3 is 4.90 Å². The van der Waals surface area contributed by atoms with E-state index in [2.05, 4.69) is 12.1 Å². The molecular weight excluding hydrogens is 567 g/mol. The summed E-state index contributed by atoms with van der Waals surface area (Å²) in [6.07, 6.45) is 2.65. The number of rotatable bonds is 5. The highest BCUT2D eigenvalue weighted by molar-refractivity contribution is 7.15. The Morgan fingerprint density at radius 1 is 0.875 bits per heavy atom. The number of hydrogen-bond donors (Lipinski definition) is 0. The quantitative estimate of drug-likeness (QED) is 0.101. The van der Waals surface area contributed by atoms with Gasteiger partial charge in [-0.1, -0.05) is 53.6 Å². The van der Waals surface area contributed by atoms with Crippen LogP contribution in [0.25, 0.3) is 27.8 Å². The zero-order chi connectivity index (χ0) is 28.6. The van der Waals surface area contributed by atoms with E-state index in [0.29, 0.717) is 37.0 Å². The van der Waals surface area contributed by atoms with Crippen molar-refractivity contribution in [2.45, 2.75) is 25.7 Å². The molecule has 0 aliphatic carbocycles. The SMILES string of the molecule is Cc1ccc(-c2sc(C3CCN(C(=O)/C=C/c4c(F)c(F)c(F)c(F)c4F)CC3)nc2-c2ccc(Cl)cc2)cc1. The van der Waals surface area contributed by atoms with E-state index >= 15 is 0 Å². The molecule has 5 rings (SSSR count). The van der Waals surface area contributed by atoms with E-state index in [1.165, 1.54) is 4.90 Å². The second-order valence-electron chi connectivity index (χ2n) is 9.52. The highest BCUT2D eigenvalue weighted by Gasteiger charge is 2.28. The Balaban J connectivity index is 1.34. The third kappa shape index (κ3) is 5.53. The number of carbonyl (C=O) groups is 1. The number of hydrogen-bond acceptors (Lipinski definition) is 3. The Kier molecular flexibility index (Phi) is 8.05. The van der Waals surface area contributed by atoms with Gasteiger partial charge in [-0.2, -0.15) is 0 Å². The van der Waals surface area contributed by atoms with Gasteiger partial charge in [0.25, 0.3) is 0 Å². The number of nitrogens with zero attached hydrogens (tertiary/aromatic N) is 2. The van der Waals surface area contributed by atoms with Gasteiger partial charge >= 0.3 is 0 Å². The molecule has 3 nitrogen and oxygen atoms in total. The molecule has 0 spiro atoms. The van der Waals surface area contributed by atoms with Crippen LogP contribution >= 0.6 is 22.9 Å². The van der Waals surface area contributed by atoms with Crippen LogP contribution < -0.4 is 0 Å².